The smallest absolute Gasteiger partial charge is 0.281 e. The minimum atomic E-state index is -3.38. The second kappa shape index (κ2) is 6.13. The Morgan fingerprint density at radius 3 is 2.06 bits per heavy atom. The summed E-state index contributed by atoms with van der Waals surface area (Å²) in [5, 5.41) is 0. The Balaban J connectivity index is 5.01. The van der Waals surface area contributed by atoms with Gasteiger partial charge in [-0.15, -0.1) is 0 Å². The second-order valence-corrected chi connectivity index (χ2v) is 7.40. The third kappa shape index (κ3) is 4.54. The third-order valence-electron chi connectivity index (χ3n) is 2.93. The van der Waals surface area contributed by atoms with Gasteiger partial charge in [-0.3, -0.25) is 0 Å². The standard InChI is InChI=1S/C11H27N3O2S/c1-7-14(9-11(4,5)8-12)17(15,16)13(6)10(2)3/h10H,7-9,12H2,1-6H3. The average Bonchev–Trinajstić information content (AvgIpc) is 2.24. The van der Waals surface area contributed by atoms with Crippen molar-refractivity contribution in [2.45, 2.75) is 40.7 Å². The molecule has 0 rings (SSSR count). The summed E-state index contributed by atoms with van der Waals surface area (Å²) in [5.74, 6) is 0. The lowest BCUT2D eigenvalue weighted by Gasteiger charge is -2.34. The lowest BCUT2D eigenvalue weighted by atomic mass is 9.94. The molecule has 5 nitrogen and oxygen atoms in total. The van der Waals surface area contributed by atoms with E-state index in [4.69, 9.17) is 5.73 Å². The van der Waals surface area contributed by atoms with E-state index in [1.54, 1.807) is 7.05 Å². The second-order valence-electron chi connectivity index (χ2n) is 5.41. The Bertz CT molecular complexity index is 326. The highest BCUT2D eigenvalue weighted by molar-refractivity contribution is 7.86. The largest absolute Gasteiger partial charge is 0.330 e. The fourth-order valence-corrected chi connectivity index (χ4v) is 3.08. The number of hydrogen-bond acceptors (Lipinski definition) is 3. The predicted octanol–water partition coefficient (Wildman–Crippen LogP) is 0.878. The van der Waals surface area contributed by atoms with Crippen molar-refractivity contribution < 1.29 is 8.42 Å². The van der Waals surface area contributed by atoms with Gasteiger partial charge >= 0.3 is 0 Å². The molecule has 0 aromatic rings. The van der Waals surface area contributed by atoms with Crippen molar-refractivity contribution in [3.05, 3.63) is 0 Å². The van der Waals surface area contributed by atoms with Crippen molar-refractivity contribution in [3.8, 4) is 0 Å². The zero-order valence-electron chi connectivity index (χ0n) is 11.9. The SMILES string of the molecule is CCN(CC(C)(C)CN)S(=O)(=O)N(C)C(C)C. The van der Waals surface area contributed by atoms with E-state index in [0.717, 1.165) is 0 Å². The Hall–Kier alpha value is -0.170. The summed E-state index contributed by atoms with van der Waals surface area (Å²) in [4.78, 5) is 0. The zero-order chi connectivity index (χ0) is 13.9. The van der Waals surface area contributed by atoms with Crippen LogP contribution < -0.4 is 5.73 Å². The van der Waals surface area contributed by atoms with Crippen LogP contribution in [0.2, 0.25) is 0 Å². The highest BCUT2D eigenvalue weighted by atomic mass is 32.2. The number of hydrogen-bond donors (Lipinski definition) is 1. The van der Waals surface area contributed by atoms with Crippen LogP contribution in [0.15, 0.2) is 0 Å². The molecule has 0 amide bonds. The molecule has 6 heteroatoms. The molecular weight excluding hydrogens is 238 g/mol. The van der Waals surface area contributed by atoms with E-state index >= 15 is 0 Å². The van der Waals surface area contributed by atoms with Gasteiger partial charge in [0, 0.05) is 26.2 Å². The molecule has 0 aliphatic carbocycles. The molecule has 0 radical (unpaired) electrons. The molecule has 0 aliphatic heterocycles. The molecule has 0 unspecified atom stereocenters. The lowest BCUT2D eigenvalue weighted by Crippen LogP contribution is -2.49. The number of nitrogens with zero attached hydrogens (tertiary/aromatic N) is 2. The Kier molecular flexibility index (Phi) is 6.07. The van der Waals surface area contributed by atoms with Crippen LogP contribution in [0, 0.1) is 5.41 Å². The van der Waals surface area contributed by atoms with Crippen molar-refractivity contribution in [1.29, 1.82) is 0 Å². The summed E-state index contributed by atoms with van der Waals surface area (Å²) in [6, 6.07) is -0.0463. The van der Waals surface area contributed by atoms with E-state index < -0.39 is 10.2 Å². The molecule has 0 saturated heterocycles. The van der Waals surface area contributed by atoms with Crippen LogP contribution in [0.3, 0.4) is 0 Å². The van der Waals surface area contributed by atoms with Crippen molar-refractivity contribution in [2.24, 2.45) is 11.1 Å². The minimum Gasteiger partial charge on any atom is -0.330 e. The summed E-state index contributed by atoms with van der Waals surface area (Å²) in [7, 11) is -1.77. The highest BCUT2D eigenvalue weighted by Gasteiger charge is 2.31. The van der Waals surface area contributed by atoms with Gasteiger partial charge in [-0.25, -0.2) is 0 Å². The summed E-state index contributed by atoms with van der Waals surface area (Å²) >= 11 is 0. The maximum absolute atomic E-state index is 12.3. The Morgan fingerprint density at radius 1 is 1.29 bits per heavy atom. The van der Waals surface area contributed by atoms with E-state index in [9.17, 15) is 8.42 Å². The van der Waals surface area contributed by atoms with E-state index in [-0.39, 0.29) is 11.5 Å². The van der Waals surface area contributed by atoms with Crippen LogP contribution in [0.1, 0.15) is 34.6 Å². The Labute approximate surface area is 106 Å². The molecule has 2 N–H and O–H groups in total. The van der Waals surface area contributed by atoms with Gasteiger partial charge in [-0.05, 0) is 25.8 Å². The van der Waals surface area contributed by atoms with Crippen LogP contribution in [-0.2, 0) is 10.2 Å². The predicted molar refractivity (Wildman–Crippen MR) is 71.9 cm³/mol. The van der Waals surface area contributed by atoms with Gasteiger partial charge < -0.3 is 5.73 Å². The summed E-state index contributed by atoms with van der Waals surface area (Å²) < 4.78 is 27.5. The molecule has 0 aromatic heterocycles. The molecule has 104 valence electrons. The normalized spacial score (nSPS) is 14.0. The molecule has 0 spiro atoms. The van der Waals surface area contributed by atoms with Crippen LogP contribution in [0.25, 0.3) is 0 Å². The van der Waals surface area contributed by atoms with Crippen molar-refractivity contribution in [2.75, 3.05) is 26.7 Å². The maximum Gasteiger partial charge on any atom is 0.281 e. The zero-order valence-corrected chi connectivity index (χ0v) is 12.7. The molecule has 0 fully saturated rings. The monoisotopic (exact) mass is 265 g/mol. The topological polar surface area (TPSA) is 66.6 Å². The molecular formula is C11H27N3O2S. The minimum absolute atomic E-state index is 0.0463. The maximum atomic E-state index is 12.3. The Morgan fingerprint density at radius 2 is 1.76 bits per heavy atom. The lowest BCUT2D eigenvalue weighted by molar-refractivity contribution is 0.254. The van der Waals surface area contributed by atoms with E-state index in [0.29, 0.717) is 19.6 Å². The fourth-order valence-electron chi connectivity index (χ4n) is 1.35. The summed E-state index contributed by atoms with van der Waals surface area (Å²) in [6.07, 6.45) is 0. The molecule has 17 heavy (non-hydrogen) atoms. The molecule has 0 aliphatic rings. The van der Waals surface area contributed by atoms with Crippen molar-refractivity contribution in [3.63, 3.8) is 0 Å². The van der Waals surface area contributed by atoms with Gasteiger partial charge in [0.05, 0.1) is 0 Å². The van der Waals surface area contributed by atoms with Crippen molar-refractivity contribution >= 4 is 10.2 Å². The van der Waals surface area contributed by atoms with Gasteiger partial charge in [-0.2, -0.15) is 17.0 Å². The third-order valence-corrected chi connectivity index (χ3v) is 5.12. The molecule has 0 aromatic carbocycles. The van der Waals surface area contributed by atoms with E-state index in [1.165, 1.54) is 8.61 Å². The fraction of sp³-hybridized carbons (Fsp3) is 1.00. The van der Waals surface area contributed by atoms with Gasteiger partial charge in [0.2, 0.25) is 0 Å². The first-order valence-corrected chi connectivity index (χ1v) is 7.41. The van der Waals surface area contributed by atoms with Crippen LogP contribution >= 0.6 is 0 Å². The van der Waals surface area contributed by atoms with Crippen LogP contribution in [0.5, 0.6) is 0 Å². The number of nitrogens with two attached hydrogens (primary N) is 1. The van der Waals surface area contributed by atoms with Gasteiger partial charge in [0.1, 0.15) is 0 Å². The molecule has 0 heterocycles. The van der Waals surface area contributed by atoms with E-state index in [1.807, 2.05) is 34.6 Å². The first-order valence-electron chi connectivity index (χ1n) is 6.01. The van der Waals surface area contributed by atoms with Gasteiger partial charge in [-0.1, -0.05) is 20.8 Å². The molecule has 0 atom stereocenters. The van der Waals surface area contributed by atoms with Crippen LogP contribution in [-0.4, -0.2) is 49.8 Å². The highest BCUT2D eigenvalue weighted by Crippen LogP contribution is 2.19. The first kappa shape index (κ1) is 16.8. The van der Waals surface area contributed by atoms with Gasteiger partial charge in [0.15, 0.2) is 0 Å². The summed E-state index contributed by atoms with van der Waals surface area (Å²) in [6.45, 7) is 10.9. The summed E-state index contributed by atoms with van der Waals surface area (Å²) in [5.41, 5.74) is 5.45. The van der Waals surface area contributed by atoms with Crippen molar-refractivity contribution in [1.82, 2.24) is 8.61 Å². The van der Waals surface area contributed by atoms with Crippen LogP contribution in [0.4, 0.5) is 0 Å². The van der Waals surface area contributed by atoms with E-state index in [2.05, 4.69) is 0 Å². The quantitative estimate of drug-likeness (QED) is 0.743. The molecule has 0 saturated carbocycles. The number of rotatable bonds is 7. The van der Waals surface area contributed by atoms with Gasteiger partial charge in [0.25, 0.3) is 10.2 Å². The average molecular weight is 265 g/mol. The first-order chi connectivity index (χ1) is 7.58. The molecule has 0 bridgehead atoms.